The molecule has 0 aliphatic carbocycles. The molecule has 0 aliphatic heterocycles. The van der Waals surface area contributed by atoms with Crippen molar-refractivity contribution in [1.82, 2.24) is 4.57 Å². The SMILES string of the molecule is CCOC(=O)c1ccc2c(c1)sc(=NC(=O)c1ccco1)n2CC(=O)OC. The zero-order valence-electron chi connectivity index (χ0n) is 14.6. The minimum Gasteiger partial charge on any atom is -0.468 e. The van der Waals surface area contributed by atoms with Gasteiger partial charge < -0.3 is 18.5 Å². The van der Waals surface area contributed by atoms with E-state index in [0.717, 1.165) is 0 Å². The summed E-state index contributed by atoms with van der Waals surface area (Å²) in [5, 5.41) is 0. The smallest absolute Gasteiger partial charge is 0.338 e. The first-order valence-corrected chi connectivity index (χ1v) is 8.85. The zero-order chi connectivity index (χ0) is 19.4. The van der Waals surface area contributed by atoms with Crippen molar-refractivity contribution in [1.29, 1.82) is 0 Å². The van der Waals surface area contributed by atoms with Gasteiger partial charge in [0.15, 0.2) is 10.6 Å². The topological polar surface area (TPSA) is 100 Å². The van der Waals surface area contributed by atoms with Crippen LogP contribution < -0.4 is 4.80 Å². The molecule has 8 nitrogen and oxygen atoms in total. The van der Waals surface area contributed by atoms with E-state index in [4.69, 9.17) is 13.9 Å². The molecule has 9 heteroatoms. The predicted octanol–water partition coefficient (Wildman–Crippen LogP) is 2.39. The van der Waals surface area contributed by atoms with E-state index < -0.39 is 17.8 Å². The van der Waals surface area contributed by atoms with E-state index in [1.165, 1.54) is 30.8 Å². The number of carbonyl (C=O) groups excluding carboxylic acids is 3. The van der Waals surface area contributed by atoms with E-state index in [0.29, 0.717) is 15.8 Å². The normalized spacial score (nSPS) is 11.6. The van der Waals surface area contributed by atoms with Crippen LogP contribution >= 0.6 is 11.3 Å². The van der Waals surface area contributed by atoms with Crippen molar-refractivity contribution in [3.05, 3.63) is 52.7 Å². The van der Waals surface area contributed by atoms with Crippen molar-refractivity contribution in [3.8, 4) is 0 Å². The molecule has 0 fully saturated rings. The lowest BCUT2D eigenvalue weighted by Gasteiger charge is -2.04. The number of rotatable bonds is 5. The van der Waals surface area contributed by atoms with Crippen molar-refractivity contribution >= 4 is 39.4 Å². The van der Waals surface area contributed by atoms with Crippen LogP contribution in [0.15, 0.2) is 46.0 Å². The third-order valence-electron chi connectivity index (χ3n) is 3.64. The lowest BCUT2D eigenvalue weighted by molar-refractivity contribution is -0.141. The van der Waals surface area contributed by atoms with Crippen molar-refractivity contribution in [2.75, 3.05) is 13.7 Å². The number of esters is 2. The summed E-state index contributed by atoms with van der Waals surface area (Å²) in [4.78, 5) is 40.4. The average molecular weight is 388 g/mol. The Labute approximate surface area is 157 Å². The Morgan fingerprint density at radius 3 is 2.74 bits per heavy atom. The number of furan rings is 1. The lowest BCUT2D eigenvalue weighted by atomic mass is 10.2. The molecular formula is C18H16N2O6S. The highest BCUT2D eigenvalue weighted by Gasteiger charge is 2.15. The molecule has 140 valence electrons. The molecule has 0 unspecified atom stereocenters. The highest BCUT2D eigenvalue weighted by atomic mass is 32.1. The number of hydrogen-bond donors (Lipinski definition) is 0. The number of fused-ring (bicyclic) bond motifs is 1. The third-order valence-corrected chi connectivity index (χ3v) is 4.68. The van der Waals surface area contributed by atoms with Crippen LogP contribution in [0.2, 0.25) is 0 Å². The molecule has 2 heterocycles. The fraction of sp³-hybridized carbons (Fsp3) is 0.222. The molecule has 0 radical (unpaired) electrons. The van der Waals surface area contributed by atoms with Crippen LogP contribution in [0.3, 0.4) is 0 Å². The van der Waals surface area contributed by atoms with E-state index in [-0.39, 0.29) is 23.7 Å². The van der Waals surface area contributed by atoms with Crippen molar-refractivity contribution < 1.29 is 28.3 Å². The molecule has 1 amide bonds. The number of thiazole rings is 1. The number of carbonyl (C=O) groups is 3. The second-order valence-electron chi connectivity index (χ2n) is 5.34. The first-order chi connectivity index (χ1) is 13.0. The fourth-order valence-electron chi connectivity index (χ4n) is 2.39. The molecule has 0 atom stereocenters. The minimum absolute atomic E-state index is 0.0873. The highest BCUT2D eigenvalue weighted by Crippen LogP contribution is 2.20. The summed E-state index contributed by atoms with van der Waals surface area (Å²) >= 11 is 1.17. The maximum absolute atomic E-state index is 12.3. The van der Waals surface area contributed by atoms with Gasteiger partial charge in [-0.2, -0.15) is 4.99 Å². The van der Waals surface area contributed by atoms with Gasteiger partial charge in [0.2, 0.25) is 0 Å². The first-order valence-electron chi connectivity index (χ1n) is 8.03. The van der Waals surface area contributed by atoms with Gasteiger partial charge in [-0.3, -0.25) is 9.59 Å². The van der Waals surface area contributed by atoms with E-state index in [2.05, 4.69) is 4.99 Å². The van der Waals surface area contributed by atoms with E-state index >= 15 is 0 Å². The summed E-state index contributed by atoms with van der Waals surface area (Å²) < 4.78 is 17.0. The van der Waals surface area contributed by atoms with E-state index in [1.807, 2.05) is 0 Å². The maximum Gasteiger partial charge on any atom is 0.338 e. The largest absolute Gasteiger partial charge is 0.468 e. The molecule has 0 N–H and O–H groups in total. The predicted molar refractivity (Wildman–Crippen MR) is 96.4 cm³/mol. The molecule has 0 saturated carbocycles. The molecule has 3 aromatic rings. The lowest BCUT2D eigenvalue weighted by Crippen LogP contribution is -2.22. The number of amides is 1. The Hall–Kier alpha value is -3.20. The standard InChI is InChI=1S/C18H16N2O6S/c1-3-25-17(23)11-6-7-12-14(9-11)27-18(20(12)10-15(21)24-2)19-16(22)13-5-4-8-26-13/h4-9H,3,10H2,1-2H3. The average Bonchev–Trinajstić information content (AvgIpc) is 3.30. The molecule has 2 aromatic heterocycles. The number of hydrogen-bond acceptors (Lipinski definition) is 7. The number of aromatic nitrogens is 1. The molecule has 27 heavy (non-hydrogen) atoms. The Bertz CT molecular complexity index is 1060. The summed E-state index contributed by atoms with van der Waals surface area (Å²) in [5.74, 6) is -1.42. The van der Waals surface area contributed by atoms with Gasteiger partial charge in [0.1, 0.15) is 6.54 Å². The van der Waals surface area contributed by atoms with Crippen molar-refractivity contribution in [3.63, 3.8) is 0 Å². The quantitative estimate of drug-likeness (QED) is 0.622. The fourth-order valence-corrected chi connectivity index (χ4v) is 3.46. The van der Waals surface area contributed by atoms with Crippen molar-refractivity contribution in [2.24, 2.45) is 4.99 Å². The van der Waals surface area contributed by atoms with Gasteiger partial charge in [-0.05, 0) is 37.3 Å². The Balaban J connectivity index is 2.12. The van der Waals surface area contributed by atoms with Gasteiger partial charge in [-0.25, -0.2) is 4.79 Å². The number of methoxy groups -OCH3 is 1. The van der Waals surface area contributed by atoms with Crippen LogP contribution in [0.1, 0.15) is 27.8 Å². The third kappa shape index (κ3) is 3.98. The molecule has 0 bridgehead atoms. The maximum atomic E-state index is 12.3. The Kier molecular flexibility index (Phi) is 5.51. The zero-order valence-corrected chi connectivity index (χ0v) is 15.4. The summed E-state index contributed by atoms with van der Waals surface area (Å²) in [6.45, 7) is 1.87. The number of benzene rings is 1. The van der Waals surface area contributed by atoms with Gasteiger partial charge >= 0.3 is 17.8 Å². The van der Waals surface area contributed by atoms with Crippen LogP contribution in [-0.4, -0.2) is 36.1 Å². The second-order valence-corrected chi connectivity index (χ2v) is 6.35. The number of ether oxygens (including phenoxy) is 2. The summed E-state index contributed by atoms with van der Waals surface area (Å²) in [6.07, 6.45) is 1.38. The van der Waals surface area contributed by atoms with E-state index in [9.17, 15) is 14.4 Å². The minimum atomic E-state index is -0.573. The molecular weight excluding hydrogens is 372 g/mol. The molecule has 0 spiro atoms. The van der Waals surface area contributed by atoms with Gasteiger partial charge in [0.05, 0.1) is 35.8 Å². The first kappa shape index (κ1) is 18.6. The van der Waals surface area contributed by atoms with Crippen LogP contribution in [0, 0.1) is 0 Å². The summed E-state index contributed by atoms with van der Waals surface area (Å²) in [7, 11) is 1.28. The van der Waals surface area contributed by atoms with Crippen LogP contribution in [0.4, 0.5) is 0 Å². The van der Waals surface area contributed by atoms with Gasteiger partial charge in [-0.15, -0.1) is 0 Å². The van der Waals surface area contributed by atoms with Gasteiger partial charge in [-0.1, -0.05) is 11.3 Å². The van der Waals surface area contributed by atoms with Gasteiger partial charge in [0.25, 0.3) is 0 Å². The summed E-state index contributed by atoms with van der Waals surface area (Å²) in [6, 6.07) is 8.00. The van der Waals surface area contributed by atoms with Crippen LogP contribution in [-0.2, 0) is 20.8 Å². The monoisotopic (exact) mass is 388 g/mol. The molecule has 0 aliphatic rings. The van der Waals surface area contributed by atoms with E-state index in [1.54, 1.807) is 35.8 Å². The summed E-state index contributed by atoms with van der Waals surface area (Å²) in [5.41, 5.74) is 1.02. The Morgan fingerprint density at radius 2 is 2.07 bits per heavy atom. The van der Waals surface area contributed by atoms with Crippen molar-refractivity contribution in [2.45, 2.75) is 13.5 Å². The molecule has 1 aromatic carbocycles. The second kappa shape index (κ2) is 8.00. The highest BCUT2D eigenvalue weighted by molar-refractivity contribution is 7.16. The Morgan fingerprint density at radius 1 is 1.26 bits per heavy atom. The van der Waals surface area contributed by atoms with Gasteiger partial charge in [0, 0.05) is 0 Å². The molecule has 3 rings (SSSR count). The number of nitrogens with zero attached hydrogens (tertiary/aromatic N) is 2. The van der Waals surface area contributed by atoms with Crippen LogP contribution in [0.25, 0.3) is 10.2 Å². The molecule has 0 saturated heterocycles. The van der Waals surface area contributed by atoms with Crippen LogP contribution in [0.5, 0.6) is 0 Å².